The molecule has 0 aromatic heterocycles. The summed E-state index contributed by atoms with van der Waals surface area (Å²) in [5, 5.41) is 15.0. The highest BCUT2D eigenvalue weighted by Gasteiger charge is 2.13. The Morgan fingerprint density at radius 2 is 1.42 bits per heavy atom. The summed E-state index contributed by atoms with van der Waals surface area (Å²) >= 11 is 0. The van der Waals surface area contributed by atoms with Crippen LogP contribution in [0.3, 0.4) is 0 Å². The van der Waals surface area contributed by atoms with Crippen LogP contribution in [0.1, 0.15) is 27.6 Å². The summed E-state index contributed by atoms with van der Waals surface area (Å²) in [4.78, 5) is 36.4. The molecule has 0 aliphatic carbocycles. The van der Waals surface area contributed by atoms with Gasteiger partial charge in [-0.25, -0.2) is 4.79 Å². The number of phenolic OH excluding ortho intramolecular Hbond substituents is 1. The van der Waals surface area contributed by atoms with Crippen LogP contribution < -0.4 is 15.4 Å². The Morgan fingerprint density at radius 3 is 2.00 bits per heavy atom. The van der Waals surface area contributed by atoms with Gasteiger partial charge in [0.25, 0.3) is 11.8 Å². The highest BCUT2D eigenvalue weighted by molar-refractivity contribution is 6.10. The first-order valence-electron chi connectivity index (χ1n) is 9.41. The number of anilines is 2. The normalized spacial score (nSPS) is 10.1. The number of hydrogen-bond donors (Lipinski definition) is 3. The summed E-state index contributed by atoms with van der Waals surface area (Å²) in [6.45, 7) is 1.86. The van der Waals surface area contributed by atoms with Crippen LogP contribution in [0, 0.1) is 0 Å². The zero-order chi connectivity index (χ0) is 22.2. The Hall–Kier alpha value is -4.33. The second kappa shape index (κ2) is 9.93. The second-order valence-corrected chi connectivity index (χ2v) is 6.31. The van der Waals surface area contributed by atoms with Crippen molar-refractivity contribution >= 4 is 29.3 Å². The number of carbonyl (C=O) groups is 3. The van der Waals surface area contributed by atoms with Gasteiger partial charge in [0, 0.05) is 11.1 Å². The molecule has 31 heavy (non-hydrogen) atoms. The molecule has 8 heteroatoms. The van der Waals surface area contributed by atoms with E-state index in [1.807, 2.05) is 0 Å². The van der Waals surface area contributed by atoms with E-state index in [0.717, 1.165) is 0 Å². The molecule has 3 rings (SSSR count). The molecule has 0 aliphatic rings. The van der Waals surface area contributed by atoms with Crippen molar-refractivity contribution in [3.63, 3.8) is 0 Å². The highest BCUT2D eigenvalue weighted by Crippen LogP contribution is 2.23. The first kappa shape index (κ1) is 21.4. The molecular formula is C23H20N2O6. The maximum atomic E-state index is 12.6. The molecule has 3 aromatic rings. The lowest BCUT2D eigenvalue weighted by atomic mass is 10.1. The molecule has 2 amide bonds. The molecule has 8 nitrogen and oxygen atoms in total. The van der Waals surface area contributed by atoms with Gasteiger partial charge in [-0.05, 0) is 61.5 Å². The van der Waals surface area contributed by atoms with E-state index in [4.69, 9.17) is 9.47 Å². The Labute approximate surface area is 178 Å². The van der Waals surface area contributed by atoms with Crippen molar-refractivity contribution in [1.82, 2.24) is 0 Å². The third kappa shape index (κ3) is 5.83. The van der Waals surface area contributed by atoms with E-state index in [9.17, 15) is 19.5 Å². The van der Waals surface area contributed by atoms with Crippen molar-refractivity contribution in [1.29, 1.82) is 0 Å². The van der Waals surface area contributed by atoms with Crippen LogP contribution in [0.2, 0.25) is 0 Å². The fourth-order valence-corrected chi connectivity index (χ4v) is 2.66. The fourth-order valence-electron chi connectivity index (χ4n) is 2.66. The van der Waals surface area contributed by atoms with Gasteiger partial charge in [-0.1, -0.05) is 18.2 Å². The van der Waals surface area contributed by atoms with Crippen molar-refractivity contribution in [3.8, 4) is 11.5 Å². The number of phenols is 1. The molecule has 0 radical (unpaired) electrons. The van der Waals surface area contributed by atoms with Gasteiger partial charge in [0.1, 0.15) is 11.5 Å². The molecule has 158 valence electrons. The number of para-hydroxylation sites is 2. The lowest BCUT2D eigenvalue weighted by Crippen LogP contribution is -2.16. The van der Waals surface area contributed by atoms with Gasteiger partial charge in [-0.2, -0.15) is 0 Å². The van der Waals surface area contributed by atoms with Crippen molar-refractivity contribution in [2.45, 2.75) is 6.92 Å². The number of nitrogens with one attached hydrogen (secondary N) is 2. The summed E-state index contributed by atoms with van der Waals surface area (Å²) < 4.78 is 9.66. The van der Waals surface area contributed by atoms with Crippen LogP contribution >= 0.6 is 0 Å². The molecule has 0 fully saturated rings. The van der Waals surface area contributed by atoms with Crippen molar-refractivity contribution in [3.05, 3.63) is 83.9 Å². The highest BCUT2D eigenvalue weighted by atomic mass is 16.7. The van der Waals surface area contributed by atoms with Gasteiger partial charge in [0.2, 0.25) is 0 Å². The average molecular weight is 420 g/mol. The minimum atomic E-state index is -0.823. The van der Waals surface area contributed by atoms with Crippen LogP contribution in [0.5, 0.6) is 11.5 Å². The molecule has 0 saturated carbocycles. The first-order valence-corrected chi connectivity index (χ1v) is 9.41. The molecule has 0 heterocycles. The molecule has 3 N–H and O–H groups in total. The Bertz CT molecular complexity index is 1100. The zero-order valence-electron chi connectivity index (χ0n) is 16.6. The Kier molecular flexibility index (Phi) is 6.85. The molecule has 0 aliphatic heterocycles. The van der Waals surface area contributed by atoms with E-state index >= 15 is 0 Å². The van der Waals surface area contributed by atoms with Gasteiger partial charge >= 0.3 is 6.16 Å². The van der Waals surface area contributed by atoms with Crippen LogP contribution in [-0.2, 0) is 4.74 Å². The van der Waals surface area contributed by atoms with Gasteiger partial charge in [-0.15, -0.1) is 0 Å². The van der Waals surface area contributed by atoms with Crippen molar-refractivity contribution in [2.24, 2.45) is 0 Å². The van der Waals surface area contributed by atoms with E-state index < -0.39 is 18.0 Å². The Morgan fingerprint density at radius 1 is 0.806 bits per heavy atom. The SMILES string of the molecule is CCOC(=O)Oc1ccc(C(=O)Nc2ccccc2NC(=O)c2cccc(O)c2)cc1. The minimum absolute atomic E-state index is 0.0235. The lowest BCUT2D eigenvalue weighted by molar-refractivity contribution is 0.101. The third-order valence-corrected chi connectivity index (χ3v) is 4.11. The van der Waals surface area contributed by atoms with E-state index in [0.29, 0.717) is 16.9 Å². The molecule has 0 spiro atoms. The maximum absolute atomic E-state index is 12.6. The predicted molar refractivity (Wildman–Crippen MR) is 115 cm³/mol. The zero-order valence-corrected chi connectivity index (χ0v) is 16.6. The average Bonchev–Trinajstić information content (AvgIpc) is 2.75. The molecule has 3 aromatic carbocycles. The number of amides is 2. The summed E-state index contributed by atoms with van der Waals surface area (Å²) in [5.74, 6) is -0.627. The molecular weight excluding hydrogens is 400 g/mol. The lowest BCUT2D eigenvalue weighted by Gasteiger charge is -2.13. The van der Waals surface area contributed by atoms with Crippen LogP contribution in [0.4, 0.5) is 16.2 Å². The summed E-state index contributed by atoms with van der Waals surface area (Å²) in [6.07, 6.45) is -0.823. The van der Waals surface area contributed by atoms with Gasteiger partial charge in [-0.3, -0.25) is 9.59 Å². The van der Waals surface area contributed by atoms with E-state index in [1.54, 1.807) is 43.3 Å². The van der Waals surface area contributed by atoms with Gasteiger partial charge in [0.05, 0.1) is 18.0 Å². The van der Waals surface area contributed by atoms with Crippen molar-refractivity contribution < 1.29 is 29.0 Å². The first-order chi connectivity index (χ1) is 15.0. The summed E-state index contributed by atoms with van der Waals surface area (Å²) in [6, 6.07) is 18.6. The number of rotatable bonds is 6. The third-order valence-electron chi connectivity index (χ3n) is 4.11. The predicted octanol–water partition coefficient (Wildman–Crippen LogP) is 4.43. The largest absolute Gasteiger partial charge is 0.513 e. The number of carbonyl (C=O) groups excluding carboxylic acids is 3. The van der Waals surface area contributed by atoms with E-state index in [2.05, 4.69) is 10.6 Å². The van der Waals surface area contributed by atoms with E-state index in [1.165, 1.54) is 36.4 Å². The van der Waals surface area contributed by atoms with Crippen LogP contribution in [-0.4, -0.2) is 29.7 Å². The molecule has 0 saturated heterocycles. The van der Waals surface area contributed by atoms with Crippen LogP contribution in [0.25, 0.3) is 0 Å². The summed E-state index contributed by atoms with van der Waals surface area (Å²) in [5.41, 5.74) is 1.39. The fraction of sp³-hybridized carbons (Fsp3) is 0.0870. The Balaban J connectivity index is 1.69. The smallest absolute Gasteiger partial charge is 0.508 e. The number of ether oxygens (including phenoxy) is 2. The van der Waals surface area contributed by atoms with Gasteiger partial charge in [0.15, 0.2) is 0 Å². The monoisotopic (exact) mass is 420 g/mol. The van der Waals surface area contributed by atoms with E-state index in [-0.39, 0.29) is 23.7 Å². The molecule has 0 unspecified atom stereocenters. The minimum Gasteiger partial charge on any atom is -0.508 e. The number of aromatic hydroxyl groups is 1. The summed E-state index contributed by atoms with van der Waals surface area (Å²) in [7, 11) is 0. The van der Waals surface area contributed by atoms with Crippen molar-refractivity contribution in [2.75, 3.05) is 17.2 Å². The topological polar surface area (TPSA) is 114 Å². The standard InChI is InChI=1S/C23H20N2O6/c1-2-30-23(29)31-18-12-10-15(11-13-18)21(27)24-19-8-3-4-9-20(19)25-22(28)16-6-5-7-17(26)14-16/h3-14,26H,2H2,1H3,(H,24,27)(H,25,28). The molecule has 0 bridgehead atoms. The second-order valence-electron chi connectivity index (χ2n) is 6.31. The quantitative estimate of drug-likeness (QED) is 0.401. The number of benzene rings is 3. The van der Waals surface area contributed by atoms with Gasteiger partial charge < -0.3 is 25.2 Å². The maximum Gasteiger partial charge on any atom is 0.513 e. The van der Waals surface area contributed by atoms with Crippen LogP contribution in [0.15, 0.2) is 72.8 Å². The molecule has 0 atom stereocenters. The number of hydrogen-bond acceptors (Lipinski definition) is 6.